The zero-order valence-corrected chi connectivity index (χ0v) is 19.2. The molecule has 3 heterocycles. The maximum atomic E-state index is 13.0. The van der Waals surface area contributed by atoms with Crippen molar-refractivity contribution in [1.29, 1.82) is 0 Å². The molecule has 6 nitrogen and oxygen atoms in total. The van der Waals surface area contributed by atoms with Crippen molar-refractivity contribution in [3.8, 4) is 0 Å². The highest BCUT2D eigenvalue weighted by atomic mass is 79.9. The number of nitrogens with zero attached hydrogens (tertiary/aromatic N) is 4. The topological polar surface area (TPSA) is 54.6 Å². The van der Waals surface area contributed by atoms with Crippen LogP contribution in [0.5, 0.6) is 0 Å². The predicted octanol–water partition coefficient (Wildman–Crippen LogP) is 4.48. The molecule has 0 amide bonds. The van der Waals surface area contributed by atoms with Crippen LogP contribution in [0.4, 0.5) is 5.69 Å². The summed E-state index contributed by atoms with van der Waals surface area (Å²) in [5.41, 5.74) is 4.28. The molecule has 4 aromatic rings. The fourth-order valence-corrected chi connectivity index (χ4v) is 6.07. The van der Waals surface area contributed by atoms with Gasteiger partial charge >= 0.3 is 0 Å². The number of hydrogen-bond donors (Lipinski definition) is 1. The van der Waals surface area contributed by atoms with Gasteiger partial charge in [-0.15, -0.1) is 0 Å². The van der Waals surface area contributed by atoms with Crippen LogP contribution >= 0.6 is 15.9 Å². The number of imidazole rings is 1. The number of anilines is 1. The van der Waals surface area contributed by atoms with E-state index in [0.717, 1.165) is 53.8 Å². The van der Waals surface area contributed by atoms with Gasteiger partial charge in [-0.3, -0.25) is 9.20 Å². The van der Waals surface area contributed by atoms with E-state index in [1.807, 2.05) is 18.2 Å². The molecule has 0 unspecified atom stereocenters. The number of aromatic nitrogens is 3. The van der Waals surface area contributed by atoms with E-state index < -0.39 is 0 Å². The molecule has 1 aliphatic carbocycles. The minimum atomic E-state index is -0.166. The highest BCUT2D eigenvalue weighted by Gasteiger charge is 2.26. The van der Waals surface area contributed by atoms with Crippen molar-refractivity contribution in [1.82, 2.24) is 19.3 Å². The summed E-state index contributed by atoms with van der Waals surface area (Å²) in [6.45, 7) is 5.27. The van der Waals surface area contributed by atoms with Gasteiger partial charge in [0, 0.05) is 41.9 Å². The summed E-state index contributed by atoms with van der Waals surface area (Å²) in [6.07, 6.45) is 4.74. The van der Waals surface area contributed by atoms with Gasteiger partial charge in [0.05, 0.1) is 21.9 Å². The molecule has 1 aliphatic heterocycles. The minimum Gasteiger partial charge on any atom is -0.366 e. The maximum Gasteiger partial charge on any atom is 0.283 e. The number of piperazine rings is 1. The molecule has 2 aromatic heterocycles. The van der Waals surface area contributed by atoms with Crippen LogP contribution in [0.1, 0.15) is 38.6 Å². The molecule has 0 spiro atoms. The second-order valence-corrected chi connectivity index (χ2v) is 9.77. The normalized spacial score (nSPS) is 20.5. The smallest absolute Gasteiger partial charge is 0.283 e. The molecule has 160 valence electrons. The van der Waals surface area contributed by atoms with Crippen molar-refractivity contribution >= 4 is 49.3 Å². The van der Waals surface area contributed by atoms with E-state index >= 15 is 0 Å². The standard InChI is InChI=1S/C24H26BrN5O/c1-15-14-26-11-12-28(15)17-9-10-19-21(13-17)29(16-5-2-3-6-16)24-27-23(31)22-18(25)7-4-8-20(22)30(19)24/h4,7-10,13,15-16,26H,2-3,5-6,11-12,14H2,1H3/t15-/m1/s1. The summed E-state index contributed by atoms with van der Waals surface area (Å²) in [6, 6.07) is 13.5. The Labute approximate surface area is 189 Å². The van der Waals surface area contributed by atoms with Gasteiger partial charge in [-0.1, -0.05) is 18.9 Å². The SMILES string of the molecule is C[C@@H]1CNCCN1c1ccc2c(c1)n(C1CCCC1)c1nc(=O)c3c(Br)cccc3n21. The monoisotopic (exact) mass is 479 g/mol. The summed E-state index contributed by atoms with van der Waals surface area (Å²) in [7, 11) is 0. The van der Waals surface area contributed by atoms with E-state index in [9.17, 15) is 4.79 Å². The van der Waals surface area contributed by atoms with Crippen LogP contribution in [0.2, 0.25) is 0 Å². The van der Waals surface area contributed by atoms with Gasteiger partial charge in [0.2, 0.25) is 5.78 Å². The Balaban J connectivity index is 1.70. The quantitative estimate of drug-likeness (QED) is 0.460. The van der Waals surface area contributed by atoms with Crippen LogP contribution < -0.4 is 15.8 Å². The molecule has 1 atom stereocenters. The number of halogens is 1. The minimum absolute atomic E-state index is 0.166. The second kappa shape index (κ2) is 7.35. The van der Waals surface area contributed by atoms with E-state index in [1.165, 1.54) is 24.0 Å². The molecule has 1 saturated carbocycles. The Morgan fingerprint density at radius 3 is 2.74 bits per heavy atom. The Morgan fingerprint density at radius 1 is 1.10 bits per heavy atom. The number of rotatable bonds is 2. The van der Waals surface area contributed by atoms with Gasteiger partial charge in [-0.2, -0.15) is 4.98 Å². The first kappa shape index (κ1) is 19.3. The molecule has 6 rings (SSSR count). The number of benzene rings is 2. The van der Waals surface area contributed by atoms with Crippen molar-refractivity contribution < 1.29 is 0 Å². The first-order valence-corrected chi connectivity index (χ1v) is 12.0. The first-order chi connectivity index (χ1) is 15.1. The molecule has 7 heteroatoms. The van der Waals surface area contributed by atoms with Gasteiger partial charge in [0.25, 0.3) is 5.56 Å². The third kappa shape index (κ3) is 2.93. The highest BCUT2D eigenvalue weighted by Crippen LogP contribution is 2.37. The zero-order valence-electron chi connectivity index (χ0n) is 17.6. The van der Waals surface area contributed by atoms with E-state index in [2.05, 4.69) is 65.2 Å². The zero-order chi connectivity index (χ0) is 21.1. The lowest BCUT2D eigenvalue weighted by Gasteiger charge is -2.36. The Morgan fingerprint density at radius 2 is 1.94 bits per heavy atom. The van der Waals surface area contributed by atoms with Gasteiger partial charge in [0.15, 0.2) is 0 Å². The van der Waals surface area contributed by atoms with Gasteiger partial charge in [-0.05, 0) is 66.0 Å². The molecular formula is C24H26BrN5O. The van der Waals surface area contributed by atoms with Crippen molar-refractivity contribution in [3.05, 3.63) is 51.2 Å². The molecule has 2 fully saturated rings. The van der Waals surface area contributed by atoms with Crippen LogP contribution in [0.15, 0.2) is 45.7 Å². The average molecular weight is 480 g/mol. The predicted molar refractivity (Wildman–Crippen MR) is 129 cm³/mol. The third-order valence-electron chi connectivity index (χ3n) is 7.05. The Bertz CT molecular complexity index is 1370. The van der Waals surface area contributed by atoms with E-state index in [0.29, 0.717) is 17.5 Å². The van der Waals surface area contributed by atoms with Crippen LogP contribution in [-0.2, 0) is 0 Å². The molecule has 2 aliphatic rings. The van der Waals surface area contributed by atoms with Crippen molar-refractivity contribution in [2.75, 3.05) is 24.5 Å². The van der Waals surface area contributed by atoms with Gasteiger partial charge < -0.3 is 14.8 Å². The highest BCUT2D eigenvalue weighted by molar-refractivity contribution is 9.10. The number of nitrogens with one attached hydrogen (secondary N) is 1. The molecular weight excluding hydrogens is 454 g/mol. The summed E-state index contributed by atoms with van der Waals surface area (Å²) in [4.78, 5) is 20.1. The maximum absolute atomic E-state index is 13.0. The summed E-state index contributed by atoms with van der Waals surface area (Å²) < 4.78 is 5.32. The lowest BCUT2D eigenvalue weighted by molar-refractivity contribution is 0.501. The average Bonchev–Trinajstić information content (AvgIpc) is 3.39. The number of hydrogen-bond acceptors (Lipinski definition) is 4. The number of fused-ring (bicyclic) bond motifs is 5. The summed E-state index contributed by atoms with van der Waals surface area (Å²) in [5.74, 6) is 0.767. The molecule has 2 aromatic carbocycles. The molecule has 1 N–H and O–H groups in total. The van der Waals surface area contributed by atoms with Crippen LogP contribution in [-0.4, -0.2) is 39.6 Å². The Kier molecular flexibility index (Phi) is 4.58. The Hall–Kier alpha value is -2.38. The largest absolute Gasteiger partial charge is 0.366 e. The molecule has 31 heavy (non-hydrogen) atoms. The molecule has 1 saturated heterocycles. The van der Waals surface area contributed by atoms with Crippen molar-refractivity contribution in [2.24, 2.45) is 0 Å². The van der Waals surface area contributed by atoms with Gasteiger partial charge in [-0.25, -0.2) is 0 Å². The summed E-state index contributed by atoms with van der Waals surface area (Å²) in [5, 5.41) is 4.12. The van der Waals surface area contributed by atoms with E-state index in [4.69, 9.17) is 0 Å². The molecule has 0 bridgehead atoms. The fourth-order valence-electron chi connectivity index (χ4n) is 5.54. The first-order valence-electron chi connectivity index (χ1n) is 11.3. The third-order valence-corrected chi connectivity index (χ3v) is 7.71. The van der Waals surface area contributed by atoms with Gasteiger partial charge in [0.1, 0.15) is 0 Å². The van der Waals surface area contributed by atoms with Crippen molar-refractivity contribution in [2.45, 2.75) is 44.7 Å². The van der Waals surface area contributed by atoms with Crippen LogP contribution in [0.25, 0.3) is 27.7 Å². The van der Waals surface area contributed by atoms with Crippen LogP contribution in [0.3, 0.4) is 0 Å². The van der Waals surface area contributed by atoms with Crippen molar-refractivity contribution in [3.63, 3.8) is 0 Å². The lowest BCUT2D eigenvalue weighted by atomic mass is 10.1. The van der Waals surface area contributed by atoms with E-state index in [-0.39, 0.29) is 5.56 Å². The fraction of sp³-hybridized carbons (Fsp3) is 0.417. The summed E-state index contributed by atoms with van der Waals surface area (Å²) >= 11 is 3.57. The van der Waals surface area contributed by atoms with Crippen LogP contribution in [0, 0.1) is 0 Å². The van der Waals surface area contributed by atoms with E-state index in [1.54, 1.807) is 0 Å². The lowest BCUT2D eigenvalue weighted by Crippen LogP contribution is -2.49. The molecule has 0 radical (unpaired) electrons. The second-order valence-electron chi connectivity index (χ2n) is 8.91.